The van der Waals surface area contributed by atoms with E-state index >= 15 is 0 Å². The summed E-state index contributed by atoms with van der Waals surface area (Å²) in [6.45, 7) is 0.174. The van der Waals surface area contributed by atoms with Crippen LogP contribution in [0.5, 0.6) is 5.75 Å². The van der Waals surface area contributed by atoms with Crippen LogP contribution in [0.25, 0.3) is 0 Å². The zero-order chi connectivity index (χ0) is 13.8. The minimum atomic E-state index is -0.441. The molecule has 0 N–H and O–H groups in total. The second-order valence-electron chi connectivity index (χ2n) is 3.92. The minimum absolute atomic E-state index is 0.167. The summed E-state index contributed by atoms with van der Waals surface area (Å²) in [5.74, 6) is -0.0108. The van der Waals surface area contributed by atoms with Crippen LogP contribution in [0.2, 0.25) is 10.0 Å². The van der Waals surface area contributed by atoms with Crippen molar-refractivity contribution in [3.05, 3.63) is 63.4 Å². The van der Waals surface area contributed by atoms with Gasteiger partial charge in [0, 0.05) is 21.5 Å². The van der Waals surface area contributed by atoms with Gasteiger partial charge < -0.3 is 4.74 Å². The Morgan fingerprint density at radius 3 is 2.47 bits per heavy atom. The average Bonchev–Trinajstić information content (AvgIpc) is 2.39. The summed E-state index contributed by atoms with van der Waals surface area (Å²) in [4.78, 5) is 0. The molecule has 1 nitrogen and oxygen atoms in total. The molecule has 0 bridgehead atoms. The minimum Gasteiger partial charge on any atom is -0.486 e. The molecule has 100 valence electrons. The van der Waals surface area contributed by atoms with Gasteiger partial charge in [-0.25, -0.2) is 4.39 Å². The van der Waals surface area contributed by atoms with Gasteiger partial charge in [0.15, 0.2) is 11.6 Å². The molecule has 0 aliphatic rings. The fraction of sp³-hybridized carbons (Fsp3) is 0.143. The van der Waals surface area contributed by atoms with Gasteiger partial charge in [-0.05, 0) is 29.8 Å². The fourth-order valence-corrected chi connectivity index (χ4v) is 2.17. The third-order valence-electron chi connectivity index (χ3n) is 2.55. The van der Waals surface area contributed by atoms with Crippen LogP contribution in [-0.4, -0.2) is 0 Å². The molecule has 0 fully saturated rings. The van der Waals surface area contributed by atoms with Crippen molar-refractivity contribution in [3.8, 4) is 5.75 Å². The third-order valence-corrected chi connectivity index (χ3v) is 3.44. The zero-order valence-electron chi connectivity index (χ0n) is 9.80. The lowest BCUT2D eigenvalue weighted by molar-refractivity contribution is 0.290. The van der Waals surface area contributed by atoms with Crippen LogP contribution in [0.15, 0.2) is 36.4 Å². The van der Waals surface area contributed by atoms with E-state index in [4.69, 9.17) is 39.5 Å². The number of benzene rings is 2. The molecule has 2 aromatic rings. The molecular formula is C14H10Cl3FO. The molecule has 0 aliphatic heterocycles. The summed E-state index contributed by atoms with van der Waals surface area (Å²) >= 11 is 17.4. The molecule has 0 aliphatic carbocycles. The van der Waals surface area contributed by atoms with Gasteiger partial charge in [0.2, 0.25) is 0 Å². The van der Waals surface area contributed by atoms with Crippen molar-refractivity contribution in [2.24, 2.45) is 0 Å². The van der Waals surface area contributed by atoms with Gasteiger partial charge in [0.05, 0.1) is 0 Å². The molecule has 0 amide bonds. The molecule has 2 rings (SSSR count). The van der Waals surface area contributed by atoms with E-state index in [0.717, 1.165) is 5.56 Å². The number of hydrogen-bond donors (Lipinski definition) is 0. The summed E-state index contributed by atoms with van der Waals surface area (Å²) in [6, 6.07) is 9.70. The van der Waals surface area contributed by atoms with Gasteiger partial charge in [-0.1, -0.05) is 35.3 Å². The summed E-state index contributed by atoms with van der Waals surface area (Å²) in [5.41, 5.74) is 1.45. The first kappa shape index (κ1) is 14.4. The quantitative estimate of drug-likeness (QED) is 0.681. The van der Waals surface area contributed by atoms with Gasteiger partial charge in [0.25, 0.3) is 0 Å². The third kappa shape index (κ3) is 3.75. The van der Waals surface area contributed by atoms with Crippen molar-refractivity contribution in [1.29, 1.82) is 0 Å². The van der Waals surface area contributed by atoms with Crippen LogP contribution in [0.1, 0.15) is 11.1 Å². The molecule has 0 saturated carbocycles. The number of ether oxygens (including phenoxy) is 1. The molecule has 5 heteroatoms. The molecule has 0 heterocycles. The molecule has 0 saturated heterocycles. The molecule has 19 heavy (non-hydrogen) atoms. The molecule has 0 unspecified atom stereocenters. The predicted molar refractivity (Wildman–Crippen MR) is 76.8 cm³/mol. The highest BCUT2D eigenvalue weighted by molar-refractivity contribution is 6.35. The maximum atomic E-state index is 13.7. The van der Waals surface area contributed by atoms with Crippen LogP contribution in [0.4, 0.5) is 4.39 Å². The van der Waals surface area contributed by atoms with E-state index in [0.29, 0.717) is 15.6 Å². The van der Waals surface area contributed by atoms with E-state index in [-0.39, 0.29) is 18.2 Å². The number of rotatable bonds is 4. The summed E-state index contributed by atoms with van der Waals surface area (Å²) in [7, 11) is 0. The molecule has 0 aromatic heterocycles. The lowest BCUT2D eigenvalue weighted by Gasteiger charge is -2.09. The van der Waals surface area contributed by atoms with Crippen molar-refractivity contribution in [2.45, 2.75) is 12.5 Å². The molecule has 0 spiro atoms. The Morgan fingerprint density at radius 2 is 1.84 bits per heavy atom. The number of halogens is 4. The van der Waals surface area contributed by atoms with Crippen molar-refractivity contribution in [1.82, 2.24) is 0 Å². The smallest absolute Gasteiger partial charge is 0.165 e. The first-order valence-corrected chi connectivity index (χ1v) is 6.80. The maximum Gasteiger partial charge on any atom is 0.165 e. The van der Waals surface area contributed by atoms with Gasteiger partial charge in [0.1, 0.15) is 6.61 Å². The van der Waals surface area contributed by atoms with Crippen molar-refractivity contribution >= 4 is 34.8 Å². The Morgan fingerprint density at radius 1 is 1.05 bits per heavy atom. The van der Waals surface area contributed by atoms with Crippen LogP contribution in [0, 0.1) is 5.82 Å². The molecule has 2 aromatic carbocycles. The van der Waals surface area contributed by atoms with Gasteiger partial charge in [-0.3, -0.25) is 0 Å². The standard InChI is InChI=1S/C14H10Cl3FO/c15-7-9-1-4-14(13(18)5-9)19-8-10-2-3-11(16)6-12(10)17/h1-6H,7-8H2. The van der Waals surface area contributed by atoms with Crippen molar-refractivity contribution in [3.63, 3.8) is 0 Å². The van der Waals surface area contributed by atoms with E-state index in [1.165, 1.54) is 6.07 Å². The van der Waals surface area contributed by atoms with Crippen molar-refractivity contribution < 1.29 is 9.13 Å². The number of hydrogen-bond acceptors (Lipinski definition) is 1. The summed E-state index contributed by atoms with van der Waals surface area (Å²) in [5, 5.41) is 1.04. The Labute approximate surface area is 125 Å². The topological polar surface area (TPSA) is 9.23 Å². The lowest BCUT2D eigenvalue weighted by Crippen LogP contribution is -1.98. The second kappa shape index (κ2) is 6.47. The molecular weight excluding hydrogens is 310 g/mol. The highest BCUT2D eigenvalue weighted by Gasteiger charge is 2.07. The second-order valence-corrected chi connectivity index (χ2v) is 5.03. The largest absolute Gasteiger partial charge is 0.486 e. The predicted octanol–water partition coefficient (Wildman–Crippen LogP) is 5.45. The number of alkyl halides is 1. The first-order valence-electron chi connectivity index (χ1n) is 5.51. The Bertz CT molecular complexity index is 587. The van der Waals surface area contributed by atoms with Crippen LogP contribution in [0.3, 0.4) is 0 Å². The van der Waals surface area contributed by atoms with Crippen LogP contribution in [-0.2, 0) is 12.5 Å². The van der Waals surface area contributed by atoms with Gasteiger partial charge >= 0.3 is 0 Å². The monoisotopic (exact) mass is 318 g/mol. The molecule has 0 radical (unpaired) electrons. The van der Waals surface area contributed by atoms with Gasteiger partial charge in [-0.15, -0.1) is 11.6 Å². The van der Waals surface area contributed by atoms with E-state index in [9.17, 15) is 4.39 Å². The highest BCUT2D eigenvalue weighted by atomic mass is 35.5. The normalized spacial score (nSPS) is 10.5. The van der Waals surface area contributed by atoms with E-state index < -0.39 is 5.82 Å². The van der Waals surface area contributed by atoms with Crippen LogP contribution >= 0.6 is 34.8 Å². The SMILES string of the molecule is Fc1cc(CCl)ccc1OCc1ccc(Cl)cc1Cl. The average molecular weight is 320 g/mol. The van der Waals surface area contributed by atoms with Gasteiger partial charge in [-0.2, -0.15) is 0 Å². The van der Waals surface area contributed by atoms with E-state index in [1.54, 1.807) is 30.3 Å². The Balaban J connectivity index is 2.10. The Hall–Kier alpha value is -0.960. The van der Waals surface area contributed by atoms with Crippen molar-refractivity contribution in [2.75, 3.05) is 0 Å². The van der Waals surface area contributed by atoms with E-state index in [2.05, 4.69) is 0 Å². The summed E-state index contributed by atoms with van der Waals surface area (Å²) < 4.78 is 19.1. The highest BCUT2D eigenvalue weighted by Crippen LogP contribution is 2.24. The van der Waals surface area contributed by atoms with Crippen LogP contribution < -0.4 is 4.74 Å². The first-order chi connectivity index (χ1) is 9.10. The summed E-state index contributed by atoms with van der Waals surface area (Å²) in [6.07, 6.45) is 0. The Kier molecular flexibility index (Phi) is 4.92. The van der Waals surface area contributed by atoms with E-state index in [1.807, 2.05) is 0 Å². The molecule has 0 atom stereocenters. The lowest BCUT2D eigenvalue weighted by atomic mass is 10.2. The fourth-order valence-electron chi connectivity index (χ4n) is 1.54. The zero-order valence-corrected chi connectivity index (χ0v) is 12.1. The maximum absolute atomic E-state index is 13.7.